The molecule has 1 aromatic heterocycles. The molecule has 1 unspecified atom stereocenters. The molecule has 2 aromatic rings. The van der Waals surface area contributed by atoms with Gasteiger partial charge in [-0.05, 0) is 31.9 Å². The summed E-state index contributed by atoms with van der Waals surface area (Å²) in [7, 11) is 0. The molecule has 2 N–H and O–H groups in total. The van der Waals surface area contributed by atoms with Crippen LogP contribution in [0, 0.1) is 13.8 Å². The zero-order valence-electron chi connectivity index (χ0n) is 14.0. The van der Waals surface area contributed by atoms with Gasteiger partial charge in [0.15, 0.2) is 5.78 Å². The standard InChI is InChI=1S/C19H23NO3S/c1-13-12-16(14(2)24-13)18(22)8-9-19(23)20-17(10-11-21)15-6-4-3-5-7-15/h3-7,12,17,21H,8-11H2,1-2H3,(H,20,23). The number of thiophene rings is 1. The van der Waals surface area contributed by atoms with Crippen molar-refractivity contribution in [3.8, 4) is 0 Å². The topological polar surface area (TPSA) is 66.4 Å². The van der Waals surface area contributed by atoms with Crippen molar-refractivity contribution in [2.75, 3.05) is 6.61 Å². The zero-order chi connectivity index (χ0) is 17.5. The Balaban J connectivity index is 1.91. The molecule has 2 rings (SSSR count). The van der Waals surface area contributed by atoms with E-state index in [-0.39, 0.29) is 37.2 Å². The van der Waals surface area contributed by atoms with E-state index in [2.05, 4.69) is 5.32 Å². The quantitative estimate of drug-likeness (QED) is 0.719. The summed E-state index contributed by atoms with van der Waals surface area (Å²) in [6, 6.07) is 11.2. The van der Waals surface area contributed by atoms with Crippen LogP contribution in [0.2, 0.25) is 0 Å². The molecule has 0 saturated carbocycles. The molecular weight excluding hydrogens is 322 g/mol. The minimum Gasteiger partial charge on any atom is -0.396 e. The van der Waals surface area contributed by atoms with E-state index in [9.17, 15) is 14.7 Å². The zero-order valence-corrected chi connectivity index (χ0v) is 14.9. The van der Waals surface area contributed by atoms with Gasteiger partial charge in [0.1, 0.15) is 0 Å². The van der Waals surface area contributed by atoms with Crippen LogP contribution < -0.4 is 5.32 Å². The highest BCUT2D eigenvalue weighted by Crippen LogP contribution is 2.22. The van der Waals surface area contributed by atoms with Crippen molar-refractivity contribution in [1.29, 1.82) is 0 Å². The van der Waals surface area contributed by atoms with Gasteiger partial charge in [0.05, 0.1) is 6.04 Å². The maximum Gasteiger partial charge on any atom is 0.220 e. The first-order chi connectivity index (χ1) is 11.5. The lowest BCUT2D eigenvalue weighted by atomic mass is 10.0. The van der Waals surface area contributed by atoms with Crippen molar-refractivity contribution in [2.45, 2.75) is 39.2 Å². The molecule has 1 aromatic carbocycles. The smallest absolute Gasteiger partial charge is 0.220 e. The molecule has 5 heteroatoms. The first-order valence-electron chi connectivity index (χ1n) is 8.06. The van der Waals surface area contributed by atoms with Crippen LogP contribution in [-0.2, 0) is 4.79 Å². The van der Waals surface area contributed by atoms with Crippen molar-refractivity contribution in [1.82, 2.24) is 5.32 Å². The van der Waals surface area contributed by atoms with Crippen LogP contribution in [-0.4, -0.2) is 23.4 Å². The molecule has 24 heavy (non-hydrogen) atoms. The number of rotatable bonds is 8. The van der Waals surface area contributed by atoms with E-state index in [1.807, 2.05) is 50.2 Å². The second-order valence-corrected chi connectivity index (χ2v) is 7.25. The Morgan fingerprint density at radius 3 is 2.46 bits per heavy atom. The number of aliphatic hydroxyl groups excluding tert-OH is 1. The summed E-state index contributed by atoms with van der Waals surface area (Å²) < 4.78 is 0. The molecular formula is C19H23NO3S. The Labute approximate surface area is 146 Å². The van der Waals surface area contributed by atoms with Gasteiger partial charge >= 0.3 is 0 Å². The van der Waals surface area contributed by atoms with E-state index in [1.165, 1.54) is 0 Å². The van der Waals surface area contributed by atoms with E-state index >= 15 is 0 Å². The van der Waals surface area contributed by atoms with Gasteiger partial charge in [-0.3, -0.25) is 9.59 Å². The molecule has 0 aliphatic carbocycles. The third-order valence-electron chi connectivity index (χ3n) is 3.88. The summed E-state index contributed by atoms with van der Waals surface area (Å²) in [4.78, 5) is 26.5. The van der Waals surface area contributed by atoms with E-state index in [0.717, 1.165) is 20.9 Å². The van der Waals surface area contributed by atoms with Crippen LogP contribution in [0.1, 0.15) is 51.0 Å². The molecule has 1 atom stereocenters. The van der Waals surface area contributed by atoms with Crippen LogP contribution >= 0.6 is 11.3 Å². The van der Waals surface area contributed by atoms with Crippen molar-refractivity contribution < 1.29 is 14.7 Å². The summed E-state index contributed by atoms with van der Waals surface area (Å²) in [5.74, 6) is -0.166. The first kappa shape index (κ1) is 18.4. The molecule has 1 heterocycles. The number of benzene rings is 1. The molecule has 0 bridgehead atoms. The highest BCUT2D eigenvalue weighted by Gasteiger charge is 2.17. The lowest BCUT2D eigenvalue weighted by Gasteiger charge is -2.18. The number of carbonyl (C=O) groups excluding carboxylic acids is 2. The number of carbonyl (C=O) groups is 2. The summed E-state index contributed by atoms with van der Waals surface area (Å²) >= 11 is 1.60. The van der Waals surface area contributed by atoms with Gasteiger partial charge in [0, 0.05) is 34.8 Å². The van der Waals surface area contributed by atoms with Gasteiger partial charge in [0.2, 0.25) is 5.91 Å². The molecule has 0 aliphatic rings. The molecule has 0 fully saturated rings. The average molecular weight is 345 g/mol. The molecule has 4 nitrogen and oxygen atoms in total. The highest BCUT2D eigenvalue weighted by molar-refractivity contribution is 7.12. The highest BCUT2D eigenvalue weighted by atomic mass is 32.1. The molecule has 0 aliphatic heterocycles. The third-order valence-corrected chi connectivity index (χ3v) is 4.84. The Morgan fingerprint density at radius 2 is 1.88 bits per heavy atom. The van der Waals surface area contributed by atoms with Gasteiger partial charge in [-0.2, -0.15) is 0 Å². The summed E-state index contributed by atoms with van der Waals surface area (Å²) in [5.41, 5.74) is 1.68. The van der Waals surface area contributed by atoms with Crippen molar-refractivity contribution in [3.63, 3.8) is 0 Å². The minimum absolute atomic E-state index is 0.00502. The van der Waals surface area contributed by atoms with Gasteiger partial charge in [-0.1, -0.05) is 30.3 Å². The van der Waals surface area contributed by atoms with Crippen LogP contribution in [0.4, 0.5) is 0 Å². The van der Waals surface area contributed by atoms with Crippen LogP contribution in [0.3, 0.4) is 0 Å². The van der Waals surface area contributed by atoms with E-state index in [4.69, 9.17) is 0 Å². The Hall–Kier alpha value is -1.98. The van der Waals surface area contributed by atoms with Crippen LogP contribution in [0.15, 0.2) is 36.4 Å². The van der Waals surface area contributed by atoms with Gasteiger partial charge < -0.3 is 10.4 Å². The first-order valence-corrected chi connectivity index (χ1v) is 8.88. The number of aryl methyl sites for hydroxylation is 2. The van der Waals surface area contributed by atoms with Crippen molar-refractivity contribution in [3.05, 3.63) is 57.3 Å². The SMILES string of the molecule is Cc1cc(C(=O)CCC(=O)NC(CCO)c2ccccc2)c(C)s1. The molecule has 0 saturated heterocycles. The summed E-state index contributed by atoms with van der Waals surface area (Å²) in [6.45, 7) is 3.89. The molecule has 0 radical (unpaired) electrons. The van der Waals surface area contributed by atoms with Crippen LogP contribution in [0.5, 0.6) is 0 Å². The van der Waals surface area contributed by atoms with Crippen molar-refractivity contribution in [2.24, 2.45) is 0 Å². The minimum atomic E-state index is -0.232. The number of hydrogen-bond donors (Lipinski definition) is 2. The Bertz CT molecular complexity index is 694. The lowest BCUT2D eigenvalue weighted by molar-refractivity contribution is -0.121. The summed E-state index contributed by atoms with van der Waals surface area (Å²) in [5, 5.41) is 12.1. The van der Waals surface area contributed by atoms with Gasteiger partial charge in [-0.25, -0.2) is 0 Å². The number of aliphatic hydroxyl groups is 1. The van der Waals surface area contributed by atoms with Crippen molar-refractivity contribution >= 4 is 23.0 Å². The second kappa shape index (κ2) is 8.76. The predicted molar refractivity (Wildman–Crippen MR) is 96.4 cm³/mol. The normalized spacial score (nSPS) is 12.0. The summed E-state index contributed by atoms with van der Waals surface area (Å²) in [6.07, 6.45) is 0.804. The second-order valence-electron chi connectivity index (χ2n) is 5.79. The van der Waals surface area contributed by atoms with E-state index in [0.29, 0.717) is 6.42 Å². The van der Waals surface area contributed by atoms with Gasteiger partial charge in [-0.15, -0.1) is 11.3 Å². The average Bonchev–Trinajstić information content (AvgIpc) is 2.91. The molecule has 128 valence electrons. The number of hydrogen-bond acceptors (Lipinski definition) is 4. The predicted octanol–water partition coefficient (Wildman–Crippen LogP) is 3.57. The number of nitrogens with one attached hydrogen (secondary N) is 1. The maximum absolute atomic E-state index is 12.3. The van der Waals surface area contributed by atoms with Crippen LogP contribution in [0.25, 0.3) is 0 Å². The lowest BCUT2D eigenvalue weighted by Crippen LogP contribution is -2.29. The largest absolute Gasteiger partial charge is 0.396 e. The fraction of sp³-hybridized carbons (Fsp3) is 0.368. The number of ketones is 1. The third kappa shape index (κ3) is 5.01. The van der Waals surface area contributed by atoms with Gasteiger partial charge in [0.25, 0.3) is 0 Å². The number of Topliss-reactive ketones (excluding diaryl/α,β-unsaturated/α-hetero) is 1. The number of amides is 1. The molecule has 1 amide bonds. The van der Waals surface area contributed by atoms with E-state index < -0.39 is 0 Å². The molecule has 0 spiro atoms. The monoisotopic (exact) mass is 345 g/mol. The Kier molecular flexibility index (Phi) is 6.70. The maximum atomic E-state index is 12.3. The fourth-order valence-electron chi connectivity index (χ4n) is 2.67. The fourth-order valence-corrected chi connectivity index (χ4v) is 3.61. The Morgan fingerprint density at radius 1 is 1.17 bits per heavy atom. The van der Waals surface area contributed by atoms with E-state index in [1.54, 1.807) is 11.3 Å².